The van der Waals surface area contributed by atoms with Crippen LogP contribution in [0.4, 0.5) is 0 Å². The van der Waals surface area contributed by atoms with Gasteiger partial charge >= 0.3 is 0 Å². The molecule has 0 radical (unpaired) electrons. The third-order valence-corrected chi connectivity index (χ3v) is 4.63. The molecule has 0 amide bonds. The molecule has 0 saturated carbocycles. The average molecular weight is 433 g/mol. The molecule has 0 fully saturated rings. The third kappa shape index (κ3) is 8.04. The lowest BCUT2D eigenvalue weighted by atomic mass is 10.1. The fourth-order valence-electron chi connectivity index (χ4n) is 1.85. The molecule has 0 aliphatic heterocycles. The van der Waals surface area contributed by atoms with Gasteiger partial charge < -0.3 is 0 Å². The van der Waals surface area contributed by atoms with Crippen molar-refractivity contribution in [1.82, 2.24) is 0 Å². The van der Waals surface area contributed by atoms with Crippen molar-refractivity contribution in [2.24, 2.45) is 0 Å². The number of rotatable bonds is 5. The lowest BCUT2D eigenvalue weighted by Crippen LogP contribution is -1.86. The highest BCUT2D eigenvalue weighted by molar-refractivity contribution is 9.10. The Morgan fingerprint density at radius 1 is 1.05 bits per heavy atom. The molecular weight excluding hydrogens is 411 g/mol. The van der Waals surface area contributed by atoms with E-state index in [1.54, 1.807) is 0 Å². The van der Waals surface area contributed by atoms with Crippen molar-refractivity contribution in [3.8, 4) is 0 Å². The molecule has 2 aromatic carbocycles. The maximum Gasteiger partial charge on any atom is 0.0583 e. The van der Waals surface area contributed by atoms with E-state index >= 15 is 0 Å². The highest BCUT2D eigenvalue weighted by Gasteiger charge is 2.03. The van der Waals surface area contributed by atoms with Crippen LogP contribution in [-0.4, -0.2) is 5.33 Å². The summed E-state index contributed by atoms with van der Waals surface area (Å²) in [6.07, 6.45) is 3.38. The van der Waals surface area contributed by atoms with Gasteiger partial charge in [-0.15, -0.1) is 11.6 Å². The molecule has 2 aromatic rings. The molecule has 0 heterocycles. The standard InChI is InChI=1S/C9H10BrCl.C9H11Br/c1-2-9(11)7-4-3-5-8(10)6-7;10-8-4-7-9-5-2-1-3-6-9/h3-6,9H,2H2,1H3;1-3,5-6H,4,7-8H2. The predicted octanol–water partition coefficient (Wildman–Crippen LogP) is 7.15. The Kier molecular flexibility index (Phi) is 10.1. The van der Waals surface area contributed by atoms with E-state index in [0.717, 1.165) is 16.2 Å². The minimum atomic E-state index is 0.146. The van der Waals surface area contributed by atoms with Crippen molar-refractivity contribution >= 4 is 43.5 Å². The number of benzene rings is 2. The van der Waals surface area contributed by atoms with Gasteiger partial charge in [-0.25, -0.2) is 0 Å². The van der Waals surface area contributed by atoms with Crippen LogP contribution in [0.25, 0.3) is 0 Å². The first kappa shape index (κ1) is 18.7. The first-order valence-electron chi connectivity index (χ1n) is 7.16. The molecule has 2 rings (SSSR count). The summed E-state index contributed by atoms with van der Waals surface area (Å²) in [4.78, 5) is 0. The molecule has 0 aliphatic rings. The Bertz CT molecular complexity index is 500. The number of aryl methyl sites for hydroxylation is 1. The van der Waals surface area contributed by atoms with Gasteiger partial charge in [-0.05, 0) is 42.5 Å². The second kappa shape index (κ2) is 11.3. The molecule has 3 heteroatoms. The Morgan fingerprint density at radius 3 is 2.33 bits per heavy atom. The molecule has 0 bridgehead atoms. The van der Waals surface area contributed by atoms with E-state index in [1.807, 2.05) is 18.2 Å². The van der Waals surface area contributed by atoms with Crippen LogP contribution in [0.1, 0.15) is 36.3 Å². The Labute approximate surface area is 150 Å². The molecule has 0 nitrogen and oxygen atoms in total. The van der Waals surface area contributed by atoms with Gasteiger partial charge in [-0.2, -0.15) is 0 Å². The molecule has 114 valence electrons. The van der Waals surface area contributed by atoms with Crippen molar-refractivity contribution < 1.29 is 0 Å². The minimum absolute atomic E-state index is 0.146. The van der Waals surface area contributed by atoms with Crippen molar-refractivity contribution in [3.05, 3.63) is 70.2 Å². The fraction of sp³-hybridized carbons (Fsp3) is 0.333. The fourth-order valence-corrected chi connectivity index (χ4v) is 2.69. The zero-order valence-electron chi connectivity index (χ0n) is 12.2. The molecule has 0 aromatic heterocycles. The maximum absolute atomic E-state index is 6.04. The van der Waals surface area contributed by atoms with Gasteiger partial charge in [0.15, 0.2) is 0 Å². The van der Waals surface area contributed by atoms with E-state index in [9.17, 15) is 0 Å². The number of alkyl halides is 2. The summed E-state index contributed by atoms with van der Waals surface area (Å²) >= 11 is 12.8. The van der Waals surface area contributed by atoms with Gasteiger partial charge in [-0.1, -0.05) is 81.2 Å². The van der Waals surface area contributed by atoms with Crippen LogP contribution >= 0.6 is 43.5 Å². The summed E-state index contributed by atoms with van der Waals surface area (Å²) in [5.41, 5.74) is 2.62. The molecular formula is C18H21Br2Cl. The van der Waals surface area contributed by atoms with Crippen LogP contribution in [0.2, 0.25) is 0 Å². The van der Waals surface area contributed by atoms with E-state index < -0.39 is 0 Å². The summed E-state index contributed by atoms with van der Waals surface area (Å²) < 4.78 is 1.09. The molecule has 0 saturated heterocycles. The second-order valence-electron chi connectivity index (χ2n) is 4.71. The quantitative estimate of drug-likeness (QED) is 0.440. The number of halogens is 3. The normalized spacial score (nSPS) is 11.4. The van der Waals surface area contributed by atoms with Crippen LogP contribution in [0.5, 0.6) is 0 Å². The topological polar surface area (TPSA) is 0 Å². The van der Waals surface area contributed by atoms with Gasteiger partial charge in [0.05, 0.1) is 5.38 Å². The smallest absolute Gasteiger partial charge is 0.0583 e. The van der Waals surface area contributed by atoms with Gasteiger partial charge in [0, 0.05) is 9.80 Å². The van der Waals surface area contributed by atoms with Gasteiger partial charge in [0.2, 0.25) is 0 Å². The molecule has 1 unspecified atom stereocenters. The lowest BCUT2D eigenvalue weighted by Gasteiger charge is -2.05. The summed E-state index contributed by atoms with van der Waals surface area (Å²) in [6, 6.07) is 18.7. The zero-order valence-corrected chi connectivity index (χ0v) is 16.2. The second-order valence-corrected chi connectivity index (χ2v) is 6.94. The summed E-state index contributed by atoms with van der Waals surface area (Å²) in [5, 5.41) is 1.24. The third-order valence-electron chi connectivity index (χ3n) is 3.01. The summed E-state index contributed by atoms with van der Waals surface area (Å²) in [7, 11) is 0. The maximum atomic E-state index is 6.04. The number of hydrogen-bond donors (Lipinski definition) is 0. The minimum Gasteiger partial charge on any atom is -0.118 e. The summed E-state index contributed by atoms with van der Waals surface area (Å²) in [6.45, 7) is 2.08. The number of hydrogen-bond acceptors (Lipinski definition) is 0. The molecule has 0 aliphatic carbocycles. The Morgan fingerprint density at radius 2 is 1.76 bits per heavy atom. The van der Waals surface area contributed by atoms with Gasteiger partial charge in [0.1, 0.15) is 0 Å². The van der Waals surface area contributed by atoms with Crippen LogP contribution in [-0.2, 0) is 6.42 Å². The predicted molar refractivity (Wildman–Crippen MR) is 102 cm³/mol. The lowest BCUT2D eigenvalue weighted by molar-refractivity contribution is 0.883. The highest BCUT2D eigenvalue weighted by atomic mass is 79.9. The van der Waals surface area contributed by atoms with E-state index in [0.29, 0.717) is 0 Å². The molecule has 21 heavy (non-hydrogen) atoms. The van der Waals surface area contributed by atoms with Crippen LogP contribution < -0.4 is 0 Å². The van der Waals surface area contributed by atoms with Gasteiger partial charge in [-0.3, -0.25) is 0 Å². The summed E-state index contributed by atoms with van der Waals surface area (Å²) in [5.74, 6) is 0. The van der Waals surface area contributed by atoms with Crippen LogP contribution in [0.15, 0.2) is 59.1 Å². The van der Waals surface area contributed by atoms with E-state index in [-0.39, 0.29) is 5.38 Å². The van der Waals surface area contributed by atoms with E-state index in [1.165, 1.54) is 24.0 Å². The first-order chi connectivity index (χ1) is 10.2. The van der Waals surface area contributed by atoms with E-state index in [2.05, 4.69) is 75.2 Å². The average Bonchev–Trinajstić information content (AvgIpc) is 2.53. The van der Waals surface area contributed by atoms with E-state index in [4.69, 9.17) is 11.6 Å². The van der Waals surface area contributed by atoms with Crippen LogP contribution in [0.3, 0.4) is 0 Å². The monoisotopic (exact) mass is 430 g/mol. The van der Waals surface area contributed by atoms with Crippen molar-refractivity contribution in [2.75, 3.05) is 5.33 Å². The Balaban J connectivity index is 0.000000211. The highest BCUT2D eigenvalue weighted by Crippen LogP contribution is 2.25. The largest absolute Gasteiger partial charge is 0.118 e. The van der Waals surface area contributed by atoms with Gasteiger partial charge in [0.25, 0.3) is 0 Å². The van der Waals surface area contributed by atoms with Crippen molar-refractivity contribution in [1.29, 1.82) is 0 Å². The van der Waals surface area contributed by atoms with Crippen molar-refractivity contribution in [3.63, 3.8) is 0 Å². The molecule has 1 atom stereocenters. The Hall–Kier alpha value is -0.310. The molecule has 0 spiro atoms. The SMILES string of the molecule is BrCCCc1ccccc1.CCC(Cl)c1cccc(Br)c1. The van der Waals surface area contributed by atoms with Crippen LogP contribution in [0, 0.1) is 0 Å². The first-order valence-corrected chi connectivity index (χ1v) is 9.51. The molecule has 0 N–H and O–H groups in total. The van der Waals surface area contributed by atoms with Crippen molar-refractivity contribution in [2.45, 2.75) is 31.6 Å². The zero-order chi connectivity index (χ0) is 15.5.